The number of carbonyl (C=O) groups is 1. The van der Waals surface area contributed by atoms with Gasteiger partial charge in [0.15, 0.2) is 0 Å². The van der Waals surface area contributed by atoms with Crippen LogP contribution < -0.4 is 16.6 Å². The molecule has 1 aromatic heterocycles. The van der Waals surface area contributed by atoms with Crippen LogP contribution in [0.15, 0.2) is 35.1 Å². The van der Waals surface area contributed by atoms with Crippen molar-refractivity contribution in [1.82, 2.24) is 9.88 Å². The molecule has 1 aromatic carbocycles. The molecular formula is C14H15N3O2. The predicted molar refractivity (Wildman–Crippen MR) is 73.9 cm³/mol. The van der Waals surface area contributed by atoms with Crippen molar-refractivity contribution in [3.8, 4) is 0 Å². The Balaban J connectivity index is 2.13. The minimum absolute atomic E-state index is 0.0312. The Kier molecular flexibility index (Phi) is 2.74. The number of fused-ring (bicyclic) bond motifs is 1. The lowest BCUT2D eigenvalue weighted by Crippen LogP contribution is -2.40. The molecule has 1 saturated heterocycles. The number of rotatable bonds is 1. The van der Waals surface area contributed by atoms with E-state index in [1.165, 1.54) is 0 Å². The Morgan fingerprint density at radius 3 is 2.79 bits per heavy atom. The van der Waals surface area contributed by atoms with Gasteiger partial charge in [-0.25, -0.2) is 0 Å². The van der Waals surface area contributed by atoms with E-state index in [9.17, 15) is 9.59 Å². The Bertz CT molecular complexity index is 695. The number of nitrogens with one attached hydrogen (secondary N) is 1. The summed E-state index contributed by atoms with van der Waals surface area (Å²) in [5.41, 5.74) is 5.92. The average molecular weight is 257 g/mol. The number of amides is 1. The Morgan fingerprint density at radius 2 is 2.05 bits per heavy atom. The molecule has 2 aromatic rings. The SMILES string of the molecule is Nc1cc2ccccc2c(=O)n1C1CCC(=O)NC1. The molecule has 0 saturated carbocycles. The summed E-state index contributed by atoms with van der Waals surface area (Å²) in [7, 11) is 0. The van der Waals surface area contributed by atoms with Gasteiger partial charge in [0.25, 0.3) is 5.56 Å². The van der Waals surface area contributed by atoms with Crippen LogP contribution in [0.5, 0.6) is 0 Å². The van der Waals surface area contributed by atoms with Crippen LogP contribution in [-0.2, 0) is 4.79 Å². The quantitative estimate of drug-likeness (QED) is 0.801. The van der Waals surface area contributed by atoms with Crippen LogP contribution in [0.2, 0.25) is 0 Å². The van der Waals surface area contributed by atoms with E-state index in [1.807, 2.05) is 24.3 Å². The first-order valence-corrected chi connectivity index (χ1v) is 6.33. The topological polar surface area (TPSA) is 77.1 Å². The zero-order valence-electron chi connectivity index (χ0n) is 10.4. The van der Waals surface area contributed by atoms with Gasteiger partial charge in [0, 0.05) is 18.4 Å². The molecule has 3 N–H and O–H groups in total. The Labute approximate surface area is 110 Å². The van der Waals surface area contributed by atoms with E-state index in [4.69, 9.17) is 5.73 Å². The van der Waals surface area contributed by atoms with E-state index in [0.29, 0.717) is 30.6 Å². The highest BCUT2D eigenvalue weighted by Crippen LogP contribution is 2.21. The van der Waals surface area contributed by atoms with Crippen molar-refractivity contribution in [1.29, 1.82) is 0 Å². The summed E-state index contributed by atoms with van der Waals surface area (Å²) in [5.74, 6) is 0.480. The molecule has 5 nitrogen and oxygen atoms in total. The first-order valence-electron chi connectivity index (χ1n) is 6.33. The second kappa shape index (κ2) is 4.42. The fraction of sp³-hybridized carbons (Fsp3) is 0.286. The number of hydrogen-bond donors (Lipinski definition) is 2. The zero-order chi connectivity index (χ0) is 13.4. The van der Waals surface area contributed by atoms with Crippen molar-refractivity contribution in [3.05, 3.63) is 40.7 Å². The third-order valence-electron chi connectivity index (χ3n) is 3.60. The van der Waals surface area contributed by atoms with Crippen molar-refractivity contribution in [2.75, 3.05) is 12.3 Å². The molecule has 5 heteroatoms. The van der Waals surface area contributed by atoms with Gasteiger partial charge in [-0.1, -0.05) is 18.2 Å². The molecule has 1 unspecified atom stereocenters. The van der Waals surface area contributed by atoms with Crippen LogP contribution in [0.25, 0.3) is 10.8 Å². The van der Waals surface area contributed by atoms with E-state index < -0.39 is 0 Å². The Hall–Kier alpha value is -2.30. The molecule has 0 radical (unpaired) electrons. The van der Waals surface area contributed by atoms with E-state index in [-0.39, 0.29) is 17.5 Å². The molecule has 2 heterocycles. The lowest BCUT2D eigenvalue weighted by Gasteiger charge is -2.26. The van der Waals surface area contributed by atoms with Gasteiger partial charge < -0.3 is 11.1 Å². The molecule has 1 aliphatic rings. The van der Waals surface area contributed by atoms with E-state index in [1.54, 1.807) is 10.6 Å². The number of piperidine rings is 1. The van der Waals surface area contributed by atoms with Gasteiger partial charge in [0.2, 0.25) is 5.91 Å². The average Bonchev–Trinajstić information content (AvgIpc) is 2.41. The van der Waals surface area contributed by atoms with E-state index >= 15 is 0 Å². The molecule has 98 valence electrons. The predicted octanol–water partition coefficient (Wildman–Crippen LogP) is 1.03. The number of nitrogens with zero attached hydrogens (tertiary/aromatic N) is 1. The minimum Gasteiger partial charge on any atom is -0.385 e. The van der Waals surface area contributed by atoms with Gasteiger partial charge in [-0.05, 0) is 23.9 Å². The standard InChI is InChI=1S/C14H15N3O2/c15-12-7-9-3-1-2-4-11(9)14(19)17(12)10-5-6-13(18)16-8-10/h1-4,7,10H,5-6,8,15H2,(H,16,18). The second-order valence-electron chi connectivity index (χ2n) is 4.83. The van der Waals surface area contributed by atoms with E-state index in [0.717, 1.165) is 5.39 Å². The highest BCUT2D eigenvalue weighted by Gasteiger charge is 2.22. The van der Waals surface area contributed by atoms with E-state index in [2.05, 4.69) is 5.32 Å². The van der Waals surface area contributed by atoms with Crippen LogP contribution in [0.1, 0.15) is 18.9 Å². The molecule has 1 atom stereocenters. The van der Waals surface area contributed by atoms with Crippen LogP contribution in [0.4, 0.5) is 5.82 Å². The van der Waals surface area contributed by atoms with Crippen molar-refractivity contribution in [2.45, 2.75) is 18.9 Å². The van der Waals surface area contributed by atoms with Gasteiger partial charge in [-0.15, -0.1) is 0 Å². The molecule has 3 rings (SSSR count). The summed E-state index contributed by atoms with van der Waals surface area (Å²) in [6.07, 6.45) is 1.08. The number of benzene rings is 1. The molecule has 1 fully saturated rings. The summed E-state index contributed by atoms with van der Waals surface area (Å²) < 4.78 is 1.60. The fourth-order valence-electron chi connectivity index (χ4n) is 2.61. The molecule has 1 amide bonds. The fourth-order valence-corrected chi connectivity index (χ4v) is 2.61. The monoisotopic (exact) mass is 257 g/mol. The molecule has 0 bridgehead atoms. The molecular weight excluding hydrogens is 242 g/mol. The number of aromatic nitrogens is 1. The van der Waals surface area contributed by atoms with Crippen LogP contribution in [0.3, 0.4) is 0 Å². The largest absolute Gasteiger partial charge is 0.385 e. The number of hydrogen-bond acceptors (Lipinski definition) is 3. The van der Waals surface area contributed by atoms with Gasteiger partial charge in [0.1, 0.15) is 5.82 Å². The smallest absolute Gasteiger partial charge is 0.260 e. The third-order valence-corrected chi connectivity index (χ3v) is 3.60. The maximum Gasteiger partial charge on any atom is 0.260 e. The van der Waals surface area contributed by atoms with Crippen molar-refractivity contribution < 1.29 is 4.79 Å². The number of anilines is 1. The van der Waals surface area contributed by atoms with Gasteiger partial charge in [-0.3, -0.25) is 14.2 Å². The van der Waals surface area contributed by atoms with Gasteiger partial charge >= 0.3 is 0 Å². The summed E-state index contributed by atoms with van der Waals surface area (Å²) in [5, 5.41) is 4.29. The first-order chi connectivity index (χ1) is 9.16. The normalized spacial score (nSPS) is 19.4. The first kappa shape index (κ1) is 11.8. The number of nitrogens with two attached hydrogens (primary N) is 1. The lowest BCUT2D eigenvalue weighted by molar-refractivity contribution is -0.122. The number of carbonyl (C=O) groups excluding carboxylic acids is 1. The van der Waals surface area contributed by atoms with Crippen LogP contribution >= 0.6 is 0 Å². The van der Waals surface area contributed by atoms with Gasteiger partial charge in [0.05, 0.1) is 6.04 Å². The second-order valence-corrected chi connectivity index (χ2v) is 4.83. The minimum atomic E-state index is -0.0863. The maximum atomic E-state index is 12.5. The molecule has 1 aliphatic heterocycles. The highest BCUT2D eigenvalue weighted by atomic mass is 16.2. The van der Waals surface area contributed by atoms with Crippen molar-refractivity contribution >= 4 is 22.5 Å². The van der Waals surface area contributed by atoms with Crippen molar-refractivity contribution in [2.24, 2.45) is 0 Å². The number of pyridine rings is 1. The summed E-state index contributed by atoms with van der Waals surface area (Å²) in [6, 6.07) is 9.15. The van der Waals surface area contributed by atoms with Gasteiger partial charge in [-0.2, -0.15) is 0 Å². The molecule has 19 heavy (non-hydrogen) atoms. The van der Waals surface area contributed by atoms with Crippen LogP contribution in [-0.4, -0.2) is 17.0 Å². The highest BCUT2D eigenvalue weighted by molar-refractivity contribution is 5.83. The molecule has 0 aliphatic carbocycles. The van der Waals surface area contributed by atoms with Crippen LogP contribution in [0, 0.1) is 0 Å². The summed E-state index contributed by atoms with van der Waals surface area (Å²) >= 11 is 0. The number of nitrogen functional groups attached to an aromatic ring is 1. The third kappa shape index (κ3) is 1.97. The summed E-state index contributed by atoms with van der Waals surface area (Å²) in [4.78, 5) is 23.7. The Morgan fingerprint density at radius 1 is 1.26 bits per heavy atom. The molecule has 0 spiro atoms. The lowest BCUT2D eigenvalue weighted by atomic mass is 10.1. The van der Waals surface area contributed by atoms with Crippen molar-refractivity contribution in [3.63, 3.8) is 0 Å². The summed E-state index contributed by atoms with van der Waals surface area (Å²) in [6.45, 7) is 0.460. The zero-order valence-corrected chi connectivity index (χ0v) is 10.4. The maximum absolute atomic E-state index is 12.5.